The van der Waals surface area contributed by atoms with Gasteiger partial charge in [-0.3, -0.25) is 9.69 Å². The number of carbonyl (C=O) groups excluding carboxylic acids is 1. The van der Waals surface area contributed by atoms with Crippen LogP contribution in [0.25, 0.3) is 0 Å². The summed E-state index contributed by atoms with van der Waals surface area (Å²) in [6, 6.07) is 14.3. The van der Waals surface area contributed by atoms with Gasteiger partial charge in [0.05, 0.1) is 0 Å². The van der Waals surface area contributed by atoms with E-state index >= 15 is 0 Å². The molecule has 1 saturated heterocycles. The van der Waals surface area contributed by atoms with Crippen LogP contribution in [0.4, 0.5) is 0 Å². The summed E-state index contributed by atoms with van der Waals surface area (Å²) in [5.74, 6) is 0.767. The number of benzene rings is 2. The molecule has 2 aromatic rings. The average Bonchev–Trinajstić information content (AvgIpc) is 3.08. The predicted molar refractivity (Wildman–Crippen MR) is 92.5 cm³/mol. The Morgan fingerprint density at radius 1 is 1.04 bits per heavy atom. The topological polar surface area (TPSA) is 29.5 Å². The Balaban J connectivity index is 1.57. The van der Waals surface area contributed by atoms with Crippen LogP contribution in [-0.2, 0) is 0 Å². The first-order valence-corrected chi connectivity index (χ1v) is 8.36. The number of likely N-dealkylation sites (tertiary alicyclic amines) is 1. The zero-order valence-corrected chi connectivity index (χ0v) is 13.8. The molecule has 0 atom stereocenters. The molecule has 0 saturated carbocycles. The minimum atomic E-state index is -0.0314. The van der Waals surface area contributed by atoms with Crippen molar-refractivity contribution >= 4 is 17.4 Å². The summed E-state index contributed by atoms with van der Waals surface area (Å²) < 4.78 is 5.75. The van der Waals surface area contributed by atoms with Gasteiger partial charge in [0.15, 0.2) is 5.78 Å². The minimum Gasteiger partial charge on any atom is -0.492 e. The lowest BCUT2D eigenvalue weighted by Crippen LogP contribution is -2.25. The molecule has 0 aliphatic carbocycles. The van der Waals surface area contributed by atoms with Crippen molar-refractivity contribution in [1.82, 2.24) is 4.90 Å². The van der Waals surface area contributed by atoms with Crippen LogP contribution in [0.2, 0.25) is 5.02 Å². The van der Waals surface area contributed by atoms with E-state index in [9.17, 15) is 4.79 Å². The number of rotatable bonds is 6. The van der Waals surface area contributed by atoms with Gasteiger partial charge in [0.2, 0.25) is 0 Å². The lowest BCUT2D eigenvalue weighted by atomic mass is 10.0. The zero-order valence-electron chi connectivity index (χ0n) is 13.0. The summed E-state index contributed by atoms with van der Waals surface area (Å²) in [4.78, 5) is 14.8. The molecule has 120 valence electrons. The number of hydrogen-bond donors (Lipinski definition) is 0. The van der Waals surface area contributed by atoms with Crippen LogP contribution in [0.15, 0.2) is 48.5 Å². The number of nitrogens with zero attached hydrogens (tertiary/aromatic N) is 1. The Labute approximate surface area is 141 Å². The second kappa shape index (κ2) is 7.62. The van der Waals surface area contributed by atoms with Crippen LogP contribution >= 0.6 is 11.6 Å². The van der Waals surface area contributed by atoms with Crippen molar-refractivity contribution in [3.63, 3.8) is 0 Å². The highest BCUT2D eigenvalue weighted by Crippen LogP contribution is 2.18. The van der Waals surface area contributed by atoms with E-state index in [-0.39, 0.29) is 5.78 Å². The van der Waals surface area contributed by atoms with Crippen LogP contribution in [0.5, 0.6) is 5.75 Å². The first-order valence-electron chi connectivity index (χ1n) is 7.98. The fourth-order valence-corrected chi connectivity index (χ4v) is 2.99. The molecule has 23 heavy (non-hydrogen) atoms. The second-order valence-corrected chi connectivity index (χ2v) is 6.20. The third kappa shape index (κ3) is 4.34. The van der Waals surface area contributed by atoms with E-state index in [0.717, 1.165) is 12.3 Å². The fourth-order valence-electron chi connectivity index (χ4n) is 2.80. The molecule has 1 aliphatic heterocycles. The van der Waals surface area contributed by atoms with Crippen LogP contribution in [0, 0.1) is 0 Å². The van der Waals surface area contributed by atoms with E-state index in [2.05, 4.69) is 4.90 Å². The first-order chi connectivity index (χ1) is 11.2. The van der Waals surface area contributed by atoms with Crippen molar-refractivity contribution in [2.45, 2.75) is 12.8 Å². The van der Waals surface area contributed by atoms with Gasteiger partial charge in [0.25, 0.3) is 0 Å². The molecule has 1 aliphatic rings. The van der Waals surface area contributed by atoms with Gasteiger partial charge < -0.3 is 4.74 Å². The molecule has 1 fully saturated rings. The van der Waals surface area contributed by atoms with E-state index in [1.807, 2.05) is 12.1 Å². The van der Waals surface area contributed by atoms with E-state index in [4.69, 9.17) is 16.3 Å². The van der Waals surface area contributed by atoms with Gasteiger partial charge in [0, 0.05) is 22.7 Å². The molecule has 3 rings (SSSR count). The van der Waals surface area contributed by atoms with Gasteiger partial charge in [-0.15, -0.1) is 0 Å². The molecule has 0 amide bonds. The molecule has 0 spiro atoms. The number of carbonyl (C=O) groups is 1. The quantitative estimate of drug-likeness (QED) is 0.749. The van der Waals surface area contributed by atoms with Crippen molar-refractivity contribution in [3.05, 3.63) is 64.7 Å². The Morgan fingerprint density at radius 2 is 1.78 bits per heavy atom. The van der Waals surface area contributed by atoms with Gasteiger partial charge in [0.1, 0.15) is 12.4 Å². The standard InChI is InChI=1S/C19H20ClNO2/c20-17-5-3-4-16(14-17)19(22)15-6-8-18(9-7-15)23-13-12-21-10-1-2-11-21/h3-9,14H,1-2,10-13H2. The number of ketones is 1. The molecule has 3 nitrogen and oxygen atoms in total. The van der Waals surface area contributed by atoms with Crippen LogP contribution < -0.4 is 4.74 Å². The largest absolute Gasteiger partial charge is 0.492 e. The SMILES string of the molecule is O=C(c1ccc(OCCN2CCCC2)cc1)c1cccc(Cl)c1. The lowest BCUT2D eigenvalue weighted by molar-refractivity contribution is 0.103. The van der Waals surface area contributed by atoms with Gasteiger partial charge in [-0.05, 0) is 62.3 Å². The highest BCUT2D eigenvalue weighted by Gasteiger charge is 2.11. The zero-order chi connectivity index (χ0) is 16.1. The fraction of sp³-hybridized carbons (Fsp3) is 0.316. The predicted octanol–water partition coefficient (Wildman–Crippen LogP) is 4.05. The maximum Gasteiger partial charge on any atom is 0.193 e. The van der Waals surface area contributed by atoms with Crippen molar-refractivity contribution in [2.75, 3.05) is 26.2 Å². The summed E-state index contributed by atoms with van der Waals surface area (Å²) in [6.45, 7) is 4.00. The Bertz CT molecular complexity index is 663. The van der Waals surface area contributed by atoms with Crippen molar-refractivity contribution < 1.29 is 9.53 Å². The number of hydrogen-bond acceptors (Lipinski definition) is 3. The second-order valence-electron chi connectivity index (χ2n) is 5.76. The number of ether oxygens (including phenoxy) is 1. The van der Waals surface area contributed by atoms with E-state index in [0.29, 0.717) is 22.8 Å². The van der Waals surface area contributed by atoms with Gasteiger partial charge >= 0.3 is 0 Å². The molecule has 0 aromatic heterocycles. The summed E-state index contributed by atoms with van der Waals surface area (Å²) in [7, 11) is 0. The lowest BCUT2D eigenvalue weighted by Gasteiger charge is -2.15. The molecule has 0 radical (unpaired) electrons. The van der Waals surface area contributed by atoms with Crippen molar-refractivity contribution in [1.29, 1.82) is 0 Å². The van der Waals surface area contributed by atoms with E-state index < -0.39 is 0 Å². The number of halogens is 1. The highest BCUT2D eigenvalue weighted by atomic mass is 35.5. The maximum atomic E-state index is 12.4. The molecule has 0 unspecified atom stereocenters. The molecular weight excluding hydrogens is 310 g/mol. The Kier molecular flexibility index (Phi) is 5.31. The minimum absolute atomic E-state index is 0.0314. The van der Waals surface area contributed by atoms with Crippen LogP contribution in [0.3, 0.4) is 0 Å². The molecule has 2 aromatic carbocycles. The van der Waals surface area contributed by atoms with Crippen LogP contribution in [-0.4, -0.2) is 36.9 Å². The molecule has 4 heteroatoms. The summed E-state index contributed by atoms with van der Waals surface area (Å²) in [5.41, 5.74) is 1.24. The first kappa shape index (κ1) is 16.0. The third-order valence-electron chi connectivity index (χ3n) is 4.08. The molecule has 0 bridgehead atoms. The van der Waals surface area contributed by atoms with E-state index in [1.165, 1.54) is 25.9 Å². The van der Waals surface area contributed by atoms with Gasteiger partial charge in [-0.2, -0.15) is 0 Å². The summed E-state index contributed by atoms with van der Waals surface area (Å²) in [6.07, 6.45) is 2.58. The van der Waals surface area contributed by atoms with E-state index in [1.54, 1.807) is 36.4 Å². The van der Waals surface area contributed by atoms with Crippen molar-refractivity contribution in [3.8, 4) is 5.75 Å². The normalized spacial score (nSPS) is 14.8. The van der Waals surface area contributed by atoms with Crippen LogP contribution in [0.1, 0.15) is 28.8 Å². The summed E-state index contributed by atoms with van der Waals surface area (Å²) in [5, 5.41) is 0.567. The Hall–Kier alpha value is -1.84. The molecule has 1 heterocycles. The van der Waals surface area contributed by atoms with Gasteiger partial charge in [-0.25, -0.2) is 0 Å². The van der Waals surface area contributed by atoms with Crippen molar-refractivity contribution in [2.24, 2.45) is 0 Å². The third-order valence-corrected chi connectivity index (χ3v) is 4.31. The highest BCUT2D eigenvalue weighted by molar-refractivity contribution is 6.31. The van der Waals surface area contributed by atoms with Gasteiger partial charge in [-0.1, -0.05) is 23.7 Å². The average molecular weight is 330 g/mol. The maximum absolute atomic E-state index is 12.4. The molecular formula is C19H20ClNO2. The Morgan fingerprint density at radius 3 is 2.48 bits per heavy atom. The monoisotopic (exact) mass is 329 g/mol. The smallest absolute Gasteiger partial charge is 0.193 e. The summed E-state index contributed by atoms with van der Waals surface area (Å²) >= 11 is 5.94. The molecule has 0 N–H and O–H groups in total.